The van der Waals surface area contributed by atoms with Gasteiger partial charge in [-0.05, 0) is 25.1 Å². The Morgan fingerprint density at radius 2 is 2.09 bits per heavy atom. The number of halogens is 2. The second-order valence-electron chi connectivity index (χ2n) is 5.58. The van der Waals surface area contributed by atoms with Gasteiger partial charge in [0.05, 0.1) is 28.3 Å². The number of hydrogen-bond donors (Lipinski definition) is 2. The Balaban J connectivity index is 1.88. The second-order valence-corrected chi connectivity index (χ2v) is 6.42. The molecule has 0 radical (unpaired) electrons. The van der Waals surface area contributed by atoms with E-state index in [2.05, 4.69) is 5.32 Å². The minimum atomic E-state index is -1.06. The van der Waals surface area contributed by atoms with Crippen LogP contribution in [0, 0.1) is 11.8 Å². The van der Waals surface area contributed by atoms with Crippen molar-refractivity contribution in [2.24, 2.45) is 11.8 Å². The molecule has 7 heteroatoms. The SMILES string of the molecule is C[C@@]12C=C[C@@H](O1)[C@H](C(=O)O)[C@H]2C(=O)Nc1ccc(Cl)cc1Cl. The molecule has 4 atom stereocenters. The van der Waals surface area contributed by atoms with Crippen LogP contribution in [0.4, 0.5) is 5.69 Å². The lowest BCUT2D eigenvalue weighted by molar-refractivity contribution is -0.146. The summed E-state index contributed by atoms with van der Waals surface area (Å²) in [4.78, 5) is 24.1. The number of amides is 1. The highest BCUT2D eigenvalue weighted by Crippen LogP contribution is 2.47. The molecule has 1 aromatic carbocycles. The van der Waals surface area contributed by atoms with Gasteiger partial charge in [-0.1, -0.05) is 35.4 Å². The molecule has 0 spiro atoms. The lowest BCUT2D eigenvalue weighted by atomic mass is 9.75. The Labute approximate surface area is 136 Å². The van der Waals surface area contributed by atoms with Crippen LogP contribution in [-0.4, -0.2) is 28.7 Å². The monoisotopic (exact) mass is 341 g/mol. The first-order chi connectivity index (χ1) is 10.3. The highest BCUT2D eigenvalue weighted by Gasteiger charge is 2.59. The molecule has 1 fully saturated rings. The third kappa shape index (κ3) is 2.39. The standard InChI is InChI=1S/C15H13Cl2NO4/c1-15-5-4-10(22-15)11(14(20)21)12(15)13(19)18-9-3-2-7(16)6-8(9)17/h2-6,10-12H,1H3,(H,18,19)(H,20,21)/t10-,11+,12+,15+/m1/s1. The summed E-state index contributed by atoms with van der Waals surface area (Å²) in [5.41, 5.74) is -0.535. The van der Waals surface area contributed by atoms with E-state index in [4.69, 9.17) is 27.9 Å². The molecule has 0 aromatic heterocycles. The zero-order valence-corrected chi connectivity index (χ0v) is 13.1. The maximum atomic E-state index is 12.6. The summed E-state index contributed by atoms with van der Waals surface area (Å²) in [6.07, 6.45) is 2.85. The average molecular weight is 342 g/mol. The smallest absolute Gasteiger partial charge is 0.310 e. The van der Waals surface area contributed by atoms with Gasteiger partial charge >= 0.3 is 5.97 Å². The predicted octanol–water partition coefficient (Wildman–Crippen LogP) is 2.98. The summed E-state index contributed by atoms with van der Waals surface area (Å²) < 4.78 is 5.65. The summed E-state index contributed by atoms with van der Waals surface area (Å²) in [5.74, 6) is -3.24. The van der Waals surface area contributed by atoms with Gasteiger partial charge < -0.3 is 15.2 Å². The van der Waals surface area contributed by atoms with Gasteiger partial charge in [-0.15, -0.1) is 0 Å². The van der Waals surface area contributed by atoms with Crippen molar-refractivity contribution in [1.29, 1.82) is 0 Å². The maximum Gasteiger partial charge on any atom is 0.310 e. The zero-order valence-electron chi connectivity index (χ0n) is 11.5. The van der Waals surface area contributed by atoms with Gasteiger partial charge in [0.25, 0.3) is 0 Å². The Hall–Kier alpha value is -1.56. The second kappa shape index (κ2) is 5.26. The van der Waals surface area contributed by atoms with E-state index in [-0.39, 0.29) is 5.02 Å². The number of carbonyl (C=O) groups excluding carboxylic acids is 1. The molecule has 0 saturated carbocycles. The normalized spacial score (nSPS) is 32.2. The average Bonchev–Trinajstić information content (AvgIpc) is 2.94. The van der Waals surface area contributed by atoms with Crippen LogP contribution < -0.4 is 5.32 Å². The van der Waals surface area contributed by atoms with Crippen molar-refractivity contribution in [3.05, 3.63) is 40.4 Å². The number of rotatable bonds is 3. The molecule has 3 rings (SSSR count). The number of carbonyl (C=O) groups is 2. The van der Waals surface area contributed by atoms with Crippen molar-refractivity contribution >= 4 is 40.8 Å². The van der Waals surface area contributed by atoms with E-state index in [0.29, 0.717) is 10.7 Å². The Morgan fingerprint density at radius 3 is 2.73 bits per heavy atom. The molecule has 2 aliphatic rings. The van der Waals surface area contributed by atoms with Gasteiger partial charge in [-0.2, -0.15) is 0 Å². The van der Waals surface area contributed by atoms with Gasteiger partial charge in [0.1, 0.15) is 5.92 Å². The van der Waals surface area contributed by atoms with Crippen LogP contribution in [-0.2, 0) is 14.3 Å². The fourth-order valence-electron chi connectivity index (χ4n) is 3.08. The lowest BCUT2D eigenvalue weighted by Gasteiger charge is -2.28. The number of fused-ring (bicyclic) bond motifs is 2. The summed E-state index contributed by atoms with van der Waals surface area (Å²) in [7, 11) is 0. The van der Waals surface area contributed by atoms with Crippen molar-refractivity contribution in [3.8, 4) is 0 Å². The molecular weight excluding hydrogens is 329 g/mol. The van der Waals surface area contributed by atoms with E-state index >= 15 is 0 Å². The number of ether oxygens (including phenoxy) is 1. The number of carboxylic acids is 1. The van der Waals surface area contributed by atoms with Gasteiger partial charge in [0.15, 0.2) is 0 Å². The predicted molar refractivity (Wildman–Crippen MR) is 82.1 cm³/mol. The Morgan fingerprint density at radius 1 is 1.36 bits per heavy atom. The molecule has 0 unspecified atom stereocenters. The van der Waals surface area contributed by atoms with Crippen molar-refractivity contribution in [2.75, 3.05) is 5.32 Å². The maximum absolute atomic E-state index is 12.6. The highest BCUT2D eigenvalue weighted by molar-refractivity contribution is 6.36. The number of carboxylic acid groups (broad SMARTS) is 1. The molecule has 1 aromatic rings. The summed E-state index contributed by atoms with van der Waals surface area (Å²) in [6.45, 7) is 1.71. The summed E-state index contributed by atoms with van der Waals surface area (Å²) in [5, 5.41) is 12.8. The van der Waals surface area contributed by atoms with E-state index < -0.39 is 35.4 Å². The van der Waals surface area contributed by atoms with Crippen LogP contribution >= 0.6 is 23.2 Å². The first-order valence-electron chi connectivity index (χ1n) is 6.68. The molecule has 2 N–H and O–H groups in total. The van der Waals surface area contributed by atoms with Crippen LogP contribution in [0.2, 0.25) is 10.0 Å². The van der Waals surface area contributed by atoms with E-state index in [1.807, 2.05) is 0 Å². The lowest BCUT2D eigenvalue weighted by Crippen LogP contribution is -2.44. The van der Waals surface area contributed by atoms with Crippen LogP contribution in [0.5, 0.6) is 0 Å². The quantitative estimate of drug-likeness (QED) is 0.828. The molecule has 1 amide bonds. The Bertz CT molecular complexity index is 690. The number of benzene rings is 1. The van der Waals surface area contributed by atoms with Crippen molar-refractivity contribution in [3.63, 3.8) is 0 Å². The zero-order chi connectivity index (χ0) is 16.1. The van der Waals surface area contributed by atoms with E-state index in [9.17, 15) is 14.7 Å². The molecule has 116 valence electrons. The fourth-order valence-corrected chi connectivity index (χ4v) is 3.54. The van der Waals surface area contributed by atoms with Crippen LogP contribution in [0.3, 0.4) is 0 Å². The molecule has 2 bridgehead atoms. The minimum absolute atomic E-state index is 0.289. The third-order valence-corrected chi connectivity index (χ3v) is 4.64. The molecule has 1 saturated heterocycles. The number of anilines is 1. The third-order valence-electron chi connectivity index (χ3n) is 4.09. The van der Waals surface area contributed by atoms with Crippen molar-refractivity contribution < 1.29 is 19.4 Å². The molecule has 2 heterocycles. The first kappa shape index (κ1) is 15.3. The van der Waals surface area contributed by atoms with Crippen LogP contribution in [0.15, 0.2) is 30.4 Å². The van der Waals surface area contributed by atoms with E-state index in [0.717, 1.165) is 0 Å². The fraction of sp³-hybridized carbons (Fsp3) is 0.333. The Kier molecular flexibility index (Phi) is 3.67. The van der Waals surface area contributed by atoms with Gasteiger partial charge in [-0.3, -0.25) is 9.59 Å². The number of nitrogens with one attached hydrogen (secondary N) is 1. The van der Waals surface area contributed by atoms with Crippen LogP contribution in [0.25, 0.3) is 0 Å². The largest absolute Gasteiger partial charge is 0.481 e. The molecule has 5 nitrogen and oxygen atoms in total. The van der Waals surface area contributed by atoms with Gasteiger partial charge in [-0.25, -0.2) is 0 Å². The molecule has 22 heavy (non-hydrogen) atoms. The van der Waals surface area contributed by atoms with E-state index in [1.165, 1.54) is 6.07 Å². The highest BCUT2D eigenvalue weighted by atomic mass is 35.5. The molecule has 0 aliphatic carbocycles. The van der Waals surface area contributed by atoms with E-state index in [1.54, 1.807) is 31.2 Å². The first-order valence-corrected chi connectivity index (χ1v) is 7.43. The molecular formula is C15H13Cl2NO4. The van der Waals surface area contributed by atoms with Gasteiger partial charge in [0.2, 0.25) is 5.91 Å². The topological polar surface area (TPSA) is 75.6 Å². The van der Waals surface area contributed by atoms with Crippen molar-refractivity contribution in [1.82, 2.24) is 0 Å². The molecule has 2 aliphatic heterocycles. The minimum Gasteiger partial charge on any atom is -0.481 e. The summed E-state index contributed by atoms with van der Waals surface area (Å²) >= 11 is 11.8. The number of aliphatic carboxylic acids is 1. The van der Waals surface area contributed by atoms with Crippen LogP contribution in [0.1, 0.15) is 6.92 Å². The summed E-state index contributed by atoms with van der Waals surface area (Å²) in [6, 6.07) is 4.67. The van der Waals surface area contributed by atoms with Crippen molar-refractivity contribution in [2.45, 2.75) is 18.6 Å². The number of hydrogen-bond acceptors (Lipinski definition) is 3. The van der Waals surface area contributed by atoms with Gasteiger partial charge in [0, 0.05) is 5.02 Å².